The molecule has 2 heterocycles. The number of carbonyl (C=O) groups excluding carboxylic acids is 3. The minimum Gasteiger partial charge on any atom is -0.350 e. The van der Waals surface area contributed by atoms with E-state index >= 15 is 0 Å². The molecule has 0 saturated carbocycles. The van der Waals surface area contributed by atoms with Gasteiger partial charge in [-0.3, -0.25) is 24.1 Å². The van der Waals surface area contributed by atoms with E-state index in [0.29, 0.717) is 23.4 Å². The second-order valence-corrected chi connectivity index (χ2v) is 8.23. The zero-order chi connectivity index (χ0) is 23.4. The van der Waals surface area contributed by atoms with Gasteiger partial charge < -0.3 is 5.32 Å². The predicted molar refractivity (Wildman–Crippen MR) is 127 cm³/mol. The highest BCUT2D eigenvalue weighted by Gasteiger charge is 2.30. The van der Waals surface area contributed by atoms with Gasteiger partial charge in [-0.05, 0) is 12.5 Å². The highest BCUT2D eigenvalue weighted by Crippen LogP contribution is 2.32. The first-order valence-electron chi connectivity index (χ1n) is 10.5. The summed E-state index contributed by atoms with van der Waals surface area (Å²) >= 11 is 0.939. The Morgan fingerprint density at radius 1 is 1.00 bits per heavy atom. The smallest absolute Gasteiger partial charge is 0.288 e. The van der Waals surface area contributed by atoms with Gasteiger partial charge in [-0.25, -0.2) is 4.68 Å². The summed E-state index contributed by atoms with van der Waals surface area (Å²) in [4.78, 5) is 51.3. The molecule has 1 saturated heterocycles. The normalized spacial score (nSPS) is 13.4. The number of aromatic nitrogens is 2. The zero-order valence-corrected chi connectivity index (χ0v) is 18.8. The molecule has 1 aromatic heterocycles. The number of nitrogens with zero attached hydrogens (tertiary/aromatic N) is 3. The maximum Gasteiger partial charge on any atom is 0.288 e. The summed E-state index contributed by atoms with van der Waals surface area (Å²) in [6, 6.07) is 18.6. The summed E-state index contributed by atoms with van der Waals surface area (Å²) in [5.41, 5.74) is 1.91. The molecular formula is C24H22N4O4S. The first kappa shape index (κ1) is 22.5. The molecule has 4 rings (SSSR count). The van der Waals surface area contributed by atoms with Gasteiger partial charge in [0.1, 0.15) is 5.56 Å². The molecule has 1 N–H and O–H groups in total. The van der Waals surface area contributed by atoms with Crippen LogP contribution in [-0.2, 0) is 11.3 Å². The first-order valence-corrected chi connectivity index (χ1v) is 11.5. The summed E-state index contributed by atoms with van der Waals surface area (Å²) in [7, 11) is 0. The van der Waals surface area contributed by atoms with E-state index in [-0.39, 0.29) is 35.6 Å². The van der Waals surface area contributed by atoms with E-state index in [1.165, 1.54) is 4.68 Å². The van der Waals surface area contributed by atoms with Crippen LogP contribution in [-0.4, -0.2) is 50.6 Å². The van der Waals surface area contributed by atoms with E-state index in [0.717, 1.165) is 22.2 Å². The van der Waals surface area contributed by atoms with Crippen LogP contribution in [0.15, 0.2) is 65.5 Å². The average Bonchev–Trinajstić information content (AvgIpc) is 3.17. The molecule has 0 aliphatic carbocycles. The van der Waals surface area contributed by atoms with Crippen LogP contribution in [0.4, 0.5) is 4.79 Å². The molecular weight excluding hydrogens is 440 g/mol. The van der Waals surface area contributed by atoms with Crippen molar-refractivity contribution in [1.82, 2.24) is 20.0 Å². The summed E-state index contributed by atoms with van der Waals surface area (Å²) in [5.74, 6) is -0.753. The molecule has 0 atom stereocenters. The molecule has 1 fully saturated rings. The highest BCUT2D eigenvalue weighted by molar-refractivity contribution is 8.14. The highest BCUT2D eigenvalue weighted by atomic mass is 32.2. The Labute approximate surface area is 194 Å². The Morgan fingerprint density at radius 2 is 1.64 bits per heavy atom. The number of hydrogen-bond donors (Lipinski definition) is 1. The molecule has 0 radical (unpaired) electrons. The number of amides is 3. The number of rotatable bonds is 7. The predicted octanol–water partition coefficient (Wildman–Crippen LogP) is 3.02. The van der Waals surface area contributed by atoms with Gasteiger partial charge in [-0.15, -0.1) is 0 Å². The lowest BCUT2D eigenvalue weighted by atomic mass is 9.95. The Kier molecular flexibility index (Phi) is 6.69. The van der Waals surface area contributed by atoms with Crippen molar-refractivity contribution >= 4 is 28.8 Å². The topological polar surface area (TPSA) is 101 Å². The van der Waals surface area contributed by atoms with Crippen LogP contribution in [0, 0.1) is 0 Å². The molecule has 9 heteroatoms. The third-order valence-corrected chi connectivity index (χ3v) is 6.11. The Bertz CT molecular complexity index is 1240. The fraction of sp³-hybridized carbons (Fsp3) is 0.208. The van der Waals surface area contributed by atoms with Crippen molar-refractivity contribution in [2.24, 2.45) is 0 Å². The lowest BCUT2D eigenvalue weighted by molar-refractivity contribution is -0.124. The third-order valence-electron chi connectivity index (χ3n) is 5.25. The first-order chi connectivity index (χ1) is 16.0. The van der Waals surface area contributed by atoms with Crippen LogP contribution in [0.25, 0.3) is 22.4 Å². The average molecular weight is 463 g/mol. The summed E-state index contributed by atoms with van der Waals surface area (Å²) < 4.78 is 1.27. The van der Waals surface area contributed by atoms with Crippen LogP contribution >= 0.6 is 11.8 Å². The van der Waals surface area contributed by atoms with Gasteiger partial charge in [0.2, 0.25) is 5.91 Å². The molecule has 168 valence electrons. The molecule has 3 aromatic rings. The van der Waals surface area contributed by atoms with E-state index in [4.69, 9.17) is 0 Å². The number of hydrogen-bond acceptors (Lipinski definition) is 6. The van der Waals surface area contributed by atoms with Crippen molar-refractivity contribution in [2.45, 2.75) is 13.5 Å². The largest absolute Gasteiger partial charge is 0.350 e. The van der Waals surface area contributed by atoms with Gasteiger partial charge >= 0.3 is 0 Å². The van der Waals surface area contributed by atoms with E-state index in [1.54, 1.807) is 6.92 Å². The van der Waals surface area contributed by atoms with Crippen LogP contribution in [0.2, 0.25) is 0 Å². The third kappa shape index (κ3) is 4.58. The van der Waals surface area contributed by atoms with Gasteiger partial charge in [0.25, 0.3) is 16.7 Å². The molecule has 3 amide bonds. The van der Waals surface area contributed by atoms with Crippen LogP contribution < -0.4 is 10.9 Å². The lowest BCUT2D eigenvalue weighted by Crippen LogP contribution is -2.40. The Balaban J connectivity index is 1.77. The number of imide groups is 1. The van der Waals surface area contributed by atoms with Crippen LogP contribution in [0.1, 0.15) is 17.3 Å². The Hall–Kier alpha value is -3.72. The van der Waals surface area contributed by atoms with Gasteiger partial charge in [-0.1, -0.05) is 72.4 Å². The van der Waals surface area contributed by atoms with Gasteiger partial charge in [-0.2, -0.15) is 5.10 Å². The lowest BCUT2D eigenvalue weighted by Gasteiger charge is -2.17. The maximum atomic E-state index is 13.3. The van der Waals surface area contributed by atoms with Crippen molar-refractivity contribution in [1.29, 1.82) is 0 Å². The fourth-order valence-corrected chi connectivity index (χ4v) is 4.40. The van der Waals surface area contributed by atoms with Crippen molar-refractivity contribution in [3.8, 4) is 22.4 Å². The number of thioether (sulfide) groups is 1. The fourth-order valence-electron chi connectivity index (χ4n) is 3.65. The summed E-state index contributed by atoms with van der Waals surface area (Å²) in [6.45, 7) is 2.17. The molecule has 2 aromatic carbocycles. The molecule has 1 aliphatic rings. The quantitative estimate of drug-likeness (QED) is 0.579. The molecule has 8 nitrogen and oxygen atoms in total. The number of carbonyl (C=O) groups is 3. The van der Waals surface area contributed by atoms with Gasteiger partial charge in [0, 0.05) is 30.8 Å². The van der Waals surface area contributed by atoms with Gasteiger partial charge in [0.05, 0.1) is 11.4 Å². The molecule has 0 bridgehead atoms. The van der Waals surface area contributed by atoms with Gasteiger partial charge in [0.15, 0.2) is 0 Å². The number of aryl methyl sites for hydroxylation is 1. The van der Waals surface area contributed by atoms with Crippen molar-refractivity contribution in [2.75, 3.05) is 18.8 Å². The number of benzene rings is 2. The van der Waals surface area contributed by atoms with Crippen LogP contribution in [0.5, 0.6) is 0 Å². The molecule has 1 aliphatic heterocycles. The van der Waals surface area contributed by atoms with E-state index in [2.05, 4.69) is 10.4 Å². The number of nitrogens with one attached hydrogen (secondary N) is 1. The van der Waals surface area contributed by atoms with E-state index in [9.17, 15) is 19.2 Å². The summed E-state index contributed by atoms with van der Waals surface area (Å²) in [6.07, 6.45) is 0. The SMILES string of the molecule is CCn1nc(-c2ccccc2)c(-c2ccccc2)c(C(=O)NCCN2C(=O)CSC2=O)c1=O. The Morgan fingerprint density at radius 3 is 2.21 bits per heavy atom. The van der Waals surface area contributed by atoms with E-state index < -0.39 is 11.5 Å². The van der Waals surface area contributed by atoms with E-state index in [1.807, 2.05) is 60.7 Å². The maximum absolute atomic E-state index is 13.3. The second-order valence-electron chi connectivity index (χ2n) is 7.31. The second kappa shape index (κ2) is 9.83. The molecule has 0 unspecified atom stereocenters. The summed E-state index contributed by atoms with van der Waals surface area (Å²) in [5, 5.41) is 6.95. The molecule has 0 spiro atoms. The van der Waals surface area contributed by atoms with Crippen molar-refractivity contribution in [3.05, 3.63) is 76.6 Å². The van der Waals surface area contributed by atoms with Crippen LogP contribution in [0.3, 0.4) is 0 Å². The standard InChI is InChI=1S/C24H22N4O4S/c1-2-28-23(31)20(22(30)25-13-14-27-18(29)15-33-24(27)32)19(16-9-5-3-6-10-16)21(26-28)17-11-7-4-8-12-17/h3-12H,2,13-15H2,1H3,(H,25,30). The molecule has 33 heavy (non-hydrogen) atoms. The monoisotopic (exact) mass is 462 g/mol. The zero-order valence-electron chi connectivity index (χ0n) is 18.0. The minimum absolute atomic E-state index is 0.0228. The van der Waals surface area contributed by atoms with Crippen molar-refractivity contribution in [3.63, 3.8) is 0 Å². The minimum atomic E-state index is -0.576. The van der Waals surface area contributed by atoms with Crippen molar-refractivity contribution < 1.29 is 14.4 Å².